The van der Waals surface area contributed by atoms with Crippen LogP contribution in [-0.4, -0.2) is 29.8 Å². The van der Waals surface area contributed by atoms with E-state index in [1.165, 1.54) is 0 Å². The normalized spacial score (nSPS) is 13.1. The summed E-state index contributed by atoms with van der Waals surface area (Å²) in [6, 6.07) is 0. The Balaban J connectivity index is 2.45. The van der Waals surface area contributed by atoms with Crippen LogP contribution >= 0.6 is 11.3 Å². The van der Waals surface area contributed by atoms with Crippen molar-refractivity contribution in [3.8, 4) is 0 Å². The number of aryl methyl sites for hydroxylation is 1. The van der Waals surface area contributed by atoms with Gasteiger partial charge < -0.3 is 15.6 Å². The fourth-order valence-electron chi connectivity index (χ4n) is 1.09. The summed E-state index contributed by atoms with van der Waals surface area (Å²) in [6.45, 7) is 3.05. The first-order valence-corrected chi connectivity index (χ1v) is 5.50. The molecule has 0 bridgehead atoms. The van der Waals surface area contributed by atoms with E-state index in [9.17, 15) is 0 Å². The monoisotopic (exact) mass is 216 g/mol. The summed E-state index contributed by atoms with van der Waals surface area (Å²) in [4.78, 5) is 4.31. The van der Waals surface area contributed by atoms with Gasteiger partial charge in [0.2, 0.25) is 0 Å². The predicted molar refractivity (Wildman–Crippen MR) is 56.3 cm³/mol. The minimum atomic E-state index is -0.133. The Bertz CT molecular complexity index is 265. The largest absolute Gasteiger partial charge is 0.396 e. The number of aliphatic hydroxyl groups excluding tert-OH is 1. The van der Waals surface area contributed by atoms with Crippen LogP contribution in [0.1, 0.15) is 23.2 Å². The Morgan fingerprint density at radius 3 is 3.00 bits per heavy atom. The quantitative estimate of drug-likeness (QED) is 0.692. The Hall–Kier alpha value is -0.490. The lowest BCUT2D eigenvalue weighted by Gasteiger charge is -2.12. The Kier molecular flexibility index (Phi) is 5.03. The van der Waals surface area contributed by atoms with Crippen molar-refractivity contribution in [2.45, 2.75) is 19.4 Å². The SMILES string of the molecule is Cc1nc(C(CN)OCCCO)cs1. The van der Waals surface area contributed by atoms with Crippen molar-refractivity contribution in [2.24, 2.45) is 5.73 Å². The third-order valence-corrected chi connectivity index (χ3v) is 2.59. The number of hydrogen-bond acceptors (Lipinski definition) is 5. The molecule has 0 radical (unpaired) electrons. The fourth-order valence-corrected chi connectivity index (χ4v) is 1.75. The van der Waals surface area contributed by atoms with Crippen LogP contribution in [0.2, 0.25) is 0 Å². The van der Waals surface area contributed by atoms with Gasteiger partial charge in [0.15, 0.2) is 0 Å². The molecule has 0 aliphatic rings. The molecule has 5 heteroatoms. The maximum atomic E-state index is 8.60. The Labute approximate surface area is 87.7 Å². The molecule has 1 atom stereocenters. The molecular weight excluding hydrogens is 200 g/mol. The second-order valence-corrected chi connectivity index (χ2v) is 4.03. The van der Waals surface area contributed by atoms with Gasteiger partial charge >= 0.3 is 0 Å². The van der Waals surface area contributed by atoms with Gasteiger partial charge in [-0.2, -0.15) is 0 Å². The molecule has 1 unspecified atom stereocenters. The maximum absolute atomic E-state index is 8.60. The number of thiazole rings is 1. The molecule has 3 N–H and O–H groups in total. The fraction of sp³-hybridized carbons (Fsp3) is 0.667. The molecule has 0 aromatic carbocycles. The molecule has 0 saturated carbocycles. The van der Waals surface area contributed by atoms with Gasteiger partial charge in [-0.05, 0) is 13.3 Å². The summed E-state index contributed by atoms with van der Waals surface area (Å²) in [5, 5.41) is 11.6. The highest BCUT2D eigenvalue weighted by atomic mass is 32.1. The Morgan fingerprint density at radius 2 is 2.50 bits per heavy atom. The predicted octanol–water partition coefficient (Wildman–Crippen LogP) is 0.850. The zero-order valence-corrected chi connectivity index (χ0v) is 9.09. The van der Waals surface area contributed by atoms with Crippen LogP contribution in [0.3, 0.4) is 0 Å². The summed E-state index contributed by atoms with van der Waals surface area (Å²) in [5.74, 6) is 0. The molecule has 4 nitrogen and oxygen atoms in total. The van der Waals surface area contributed by atoms with E-state index < -0.39 is 0 Å². The number of nitrogens with two attached hydrogens (primary N) is 1. The van der Waals surface area contributed by atoms with Crippen molar-refractivity contribution in [1.29, 1.82) is 0 Å². The van der Waals surface area contributed by atoms with Crippen molar-refractivity contribution in [3.63, 3.8) is 0 Å². The minimum absolute atomic E-state index is 0.133. The highest BCUT2D eigenvalue weighted by Gasteiger charge is 2.12. The first kappa shape index (κ1) is 11.6. The molecule has 80 valence electrons. The van der Waals surface area contributed by atoms with Gasteiger partial charge in [0, 0.05) is 25.1 Å². The van der Waals surface area contributed by atoms with Crippen molar-refractivity contribution in [1.82, 2.24) is 4.98 Å². The van der Waals surface area contributed by atoms with Gasteiger partial charge in [-0.15, -0.1) is 11.3 Å². The highest BCUT2D eigenvalue weighted by molar-refractivity contribution is 7.09. The molecule has 14 heavy (non-hydrogen) atoms. The summed E-state index contributed by atoms with van der Waals surface area (Å²) in [6.07, 6.45) is 0.506. The first-order chi connectivity index (χ1) is 6.77. The van der Waals surface area contributed by atoms with Crippen LogP contribution in [0, 0.1) is 6.92 Å². The molecule has 1 rings (SSSR count). The van der Waals surface area contributed by atoms with E-state index in [4.69, 9.17) is 15.6 Å². The molecule has 0 saturated heterocycles. The van der Waals surface area contributed by atoms with Crippen LogP contribution in [0.25, 0.3) is 0 Å². The van der Waals surface area contributed by atoms with E-state index in [2.05, 4.69) is 4.98 Å². The van der Waals surface area contributed by atoms with Crippen molar-refractivity contribution in [2.75, 3.05) is 19.8 Å². The molecule has 0 fully saturated rings. The van der Waals surface area contributed by atoms with E-state index in [0.717, 1.165) is 10.7 Å². The third-order valence-electron chi connectivity index (χ3n) is 1.80. The summed E-state index contributed by atoms with van der Waals surface area (Å²) < 4.78 is 5.49. The zero-order chi connectivity index (χ0) is 10.4. The lowest BCUT2D eigenvalue weighted by atomic mass is 10.3. The lowest BCUT2D eigenvalue weighted by molar-refractivity contribution is 0.0465. The van der Waals surface area contributed by atoms with E-state index in [1.54, 1.807) is 11.3 Å². The molecule has 1 aromatic rings. The molecular formula is C9H16N2O2S. The topological polar surface area (TPSA) is 68.4 Å². The number of hydrogen-bond donors (Lipinski definition) is 2. The summed E-state index contributed by atoms with van der Waals surface area (Å²) in [5.41, 5.74) is 6.47. The lowest BCUT2D eigenvalue weighted by Crippen LogP contribution is -2.17. The van der Waals surface area contributed by atoms with Crippen molar-refractivity contribution >= 4 is 11.3 Å². The van der Waals surface area contributed by atoms with Gasteiger partial charge in [0.25, 0.3) is 0 Å². The summed E-state index contributed by atoms with van der Waals surface area (Å²) in [7, 11) is 0. The second-order valence-electron chi connectivity index (χ2n) is 2.96. The average molecular weight is 216 g/mol. The average Bonchev–Trinajstić information content (AvgIpc) is 2.60. The van der Waals surface area contributed by atoms with Crippen LogP contribution < -0.4 is 5.73 Å². The standard InChI is InChI=1S/C9H16N2O2S/c1-7-11-8(6-14-7)9(5-10)13-4-2-3-12/h6,9,12H,2-5,10H2,1H3. The van der Waals surface area contributed by atoms with Gasteiger partial charge in [0.1, 0.15) is 6.10 Å². The summed E-state index contributed by atoms with van der Waals surface area (Å²) >= 11 is 1.59. The smallest absolute Gasteiger partial charge is 0.112 e. The molecule has 0 spiro atoms. The maximum Gasteiger partial charge on any atom is 0.112 e. The minimum Gasteiger partial charge on any atom is -0.396 e. The molecule has 1 aromatic heterocycles. The van der Waals surface area contributed by atoms with E-state index in [1.807, 2.05) is 12.3 Å². The first-order valence-electron chi connectivity index (χ1n) is 4.62. The van der Waals surface area contributed by atoms with Crippen molar-refractivity contribution < 1.29 is 9.84 Å². The highest BCUT2D eigenvalue weighted by Crippen LogP contribution is 2.18. The van der Waals surface area contributed by atoms with Gasteiger partial charge in [0.05, 0.1) is 10.7 Å². The Morgan fingerprint density at radius 1 is 1.71 bits per heavy atom. The van der Waals surface area contributed by atoms with E-state index in [0.29, 0.717) is 19.6 Å². The van der Waals surface area contributed by atoms with Gasteiger partial charge in [-0.25, -0.2) is 4.98 Å². The van der Waals surface area contributed by atoms with E-state index in [-0.39, 0.29) is 12.7 Å². The van der Waals surface area contributed by atoms with Crippen LogP contribution in [0.4, 0.5) is 0 Å². The van der Waals surface area contributed by atoms with Crippen LogP contribution in [-0.2, 0) is 4.74 Å². The number of aromatic nitrogens is 1. The number of ether oxygens (including phenoxy) is 1. The third kappa shape index (κ3) is 3.34. The van der Waals surface area contributed by atoms with Crippen LogP contribution in [0.15, 0.2) is 5.38 Å². The van der Waals surface area contributed by atoms with Crippen LogP contribution in [0.5, 0.6) is 0 Å². The molecule has 1 heterocycles. The van der Waals surface area contributed by atoms with E-state index >= 15 is 0 Å². The molecule has 0 aliphatic carbocycles. The zero-order valence-electron chi connectivity index (χ0n) is 8.27. The number of rotatable bonds is 6. The van der Waals surface area contributed by atoms with Crippen molar-refractivity contribution in [3.05, 3.63) is 16.1 Å². The van der Waals surface area contributed by atoms with Gasteiger partial charge in [-0.3, -0.25) is 0 Å². The number of aliphatic hydroxyl groups is 1. The molecule has 0 amide bonds. The molecule has 0 aliphatic heterocycles. The van der Waals surface area contributed by atoms with Gasteiger partial charge in [-0.1, -0.05) is 0 Å². The number of nitrogens with zero attached hydrogens (tertiary/aromatic N) is 1. The second kappa shape index (κ2) is 6.08.